The van der Waals surface area contributed by atoms with Crippen molar-refractivity contribution in [2.75, 3.05) is 21.3 Å². The first kappa shape index (κ1) is 22.1. The molecule has 0 aliphatic carbocycles. The van der Waals surface area contributed by atoms with Gasteiger partial charge in [0, 0.05) is 20.1 Å². The topological polar surface area (TPSA) is 59.0 Å². The minimum Gasteiger partial charge on any atom is -0.388 e. The predicted octanol–water partition coefficient (Wildman–Crippen LogP) is 3.31. The number of hydroxylamine groups is 2. The highest BCUT2D eigenvalue weighted by atomic mass is 16.7. The molecule has 0 spiro atoms. The zero-order chi connectivity index (χ0) is 19.7. The molecule has 1 N–H and O–H groups in total. The zero-order valence-corrected chi connectivity index (χ0v) is 16.5. The van der Waals surface area contributed by atoms with E-state index in [9.17, 15) is 9.90 Å². The predicted molar refractivity (Wildman–Crippen MR) is 104 cm³/mol. The van der Waals surface area contributed by atoms with Gasteiger partial charge in [-0.2, -0.15) is 0 Å². The van der Waals surface area contributed by atoms with Crippen molar-refractivity contribution in [2.24, 2.45) is 11.8 Å². The SMILES string of the molecule is CO[C@@H](/C=C/c1ccccc1)[C@@H](C)/C=C(\C)[C@H](O)[C@@H](C)C(=O)N(C)OC. The summed E-state index contributed by atoms with van der Waals surface area (Å²) in [6.07, 6.45) is 4.96. The van der Waals surface area contributed by atoms with Crippen molar-refractivity contribution in [3.8, 4) is 0 Å². The molecule has 0 saturated heterocycles. The van der Waals surface area contributed by atoms with Crippen molar-refractivity contribution in [2.45, 2.75) is 33.0 Å². The number of nitrogens with zero attached hydrogens (tertiary/aromatic N) is 1. The summed E-state index contributed by atoms with van der Waals surface area (Å²) in [5.41, 5.74) is 1.84. The molecule has 0 radical (unpaired) electrons. The van der Waals surface area contributed by atoms with Crippen LogP contribution in [0.25, 0.3) is 6.08 Å². The van der Waals surface area contributed by atoms with Gasteiger partial charge in [-0.05, 0) is 18.1 Å². The van der Waals surface area contributed by atoms with Gasteiger partial charge < -0.3 is 9.84 Å². The van der Waals surface area contributed by atoms with Gasteiger partial charge in [-0.3, -0.25) is 9.63 Å². The molecule has 1 amide bonds. The third kappa shape index (κ3) is 6.41. The summed E-state index contributed by atoms with van der Waals surface area (Å²) in [6.45, 7) is 5.53. The van der Waals surface area contributed by atoms with Gasteiger partial charge in [0.25, 0.3) is 5.91 Å². The van der Waals surface area contributed by atoms with Crippen molar-refractivity contribution in [1.82, 2.24) is 5.06 Å². The summed E-state index contributed by atoms with van der Waals surface area (Å²) >= 11 is 0. The molecule has 0 heterocycles. The van der Waals surface area contributed by atoms with Crippen LogP contribution in [0.4, 0.5) is 0 Å². The second kappa shape index (κ2) is 10.9. The van der Waals surface area contributed by atoms with Crippen LogP contribution in [0.5, 0.6) is 0 Å². The van der Waals surface area contributed by atoms with Crippen LogP contribution in [0.2, 0.25) is 0 Å². The minimum absolute atomic E-state index is 0.0390. The van der Waals surface area contributed by atoms with E-state index < -0.39 is 12.0 Å². The van der Waals surface area contributed by atoms with E-state index in [-0.39, 0.29) is 17.9 Å². The fraction of sp³-hybridized carbons (Fsp3) is 0.476. The monoisotopic (exact) mass is 361 g/mol. The Morgan fingerprint density at radius 3 is 2.35 bits per heavy atom. The fourth-order valence-electron chi connectivity index (χ4n) is 2.75. The molecule has 0 fully saturated rings. The van der Waals surface area contributed by atoms with E-state index in [0.29, 0.717) is 0 Å². The lowest BCUT2D eigenvalue weighted by Crippen LogP contribution is -2.37. The second-order valence-electron chi connectivity index (χ2n) is 6.49. The molecular weight excluding hydrogens is 330 g/mol. The van der Waals surface area contributed by atoms with Crippen LogP contribution < -0.4 is 0 Å². The molecule has 1 rings (SSSR count). The molecule has 0 aliphatic heterocycles. The first-order chi connectivity index (χ1) is 12.3. The standard InChI is InChI=1S/C21H31NO4/c1-15(19(25-5)13-12-18-10-8-7-9-11-18)14-16(2)20(23)17(3)21(24)22(4)26-6/h7-15,17,19-20,23H,1-6H3/b13-12+,16-14+/t15-,17+,19-,20-/m0/s1. The van der Waals surface area contributed by atoms with Gasteiger partial charge in [0.15, 0.2) is 0 Å². The van der Waals surface area contributed by atoms with Gasteiger partial charge in [0.1, 0.15) is 0 Å². The van der Waals surface area contributed by atoms with Crippen LogP contribution in [-0.2, 0) is 14.4 Å². The van der Waals surface area contributed by atoms with Gasteiger partial charge in [0.2, 0.25) is 0 Å². The van der Waals surface area contributed by atoms with Crippen LogP contribution in [0.15, 0.2) is 48.1 Å². The van der Waals surface area contributed by atoms with Gasteiger partial charge in [0.05, 0.1) is 25.2 Å². The number of methoxy groups -OCH3 is 1. The van der Waals surface area contributed by atoms with Crippen LogP contribution in [0, 0.1) is 11.8 Å². The number of rotatable bonds is 9. The van der Waals surface area contributed by atoms with Crippen LogP contribution >= 0.6 is 0 Å². The average molecular weight is 361 g/mol. The summed E-state index contributed by atoms with van der Waals surface area (Å²) in [7, 11) is 4.61. The number of hydrogen-bond acceptors (Lipinski definition) is 4. The Hall–Kier alpha value is -1.95. The first-order valence-electron chi connectivity index (χ1n) is 8.75. The molecule has 5 nitrogen and oxygen atoms in total. The Bertz CT molecular complexity index is 612. The molecule has 0 saturated carbocycles. The minimum atomic E-state index is -0.877. The molecule has 144 valence electrons. The summed E-state index contributed by atoms with van der Waals surface area (Å²) in [6, 6.07) is 10.0. The third-order valence-electron chi connectivity index (χ3n) is 4.51. The Morgan fingerprint density at radius 1 is 1.19 bits per heavy atom. The lowest BCUT2D eigenvalue weighted by Gasteiger charge is -2.24. The van der Waals surface area contributed by atoms with Crippen molar-refractivity contribution in [1.29, 1.82) is 0 Å². The number of carbonyl (C=O) groups is 1. The maximum Gasteiger partial charge on any atom is 0.251 e. The smallest absolute Gasteiger partial charge is 0.251 e. The number of aliphatic hydroxyl groups excluding tert-OH is 1. The number of hydrogen-bond donors (Lipinski definition) is 1. The van der Waals surface area contributed by atoms with E-state index in [2.05, 4.69) is 0 Å². The summed E-state index contributed by atoms with van der Waals surface area (Å²) in [5, 5.41) is 11.6. The Balaban J connectivity index is 2.81. The van der Waals surface area contributed by atoms with Crippen LogP contribution in [0.1, 0.15) is 26.3 Å². The Morgan fingerprint density at radius 2 is 1.81 bits per heavy atom. The van der Waals surface area contributed by atoms with Gasteiger partial charge in [-0.15, -0.1) is 0 Å². The average Bonchev–Trinajstić information content (AvgIpc) is 2.66. The van der Waals surface area contributed by atoms with E-state index in [1.165, 1.54) is 14.2 Å². The summed E-state index contributed by atoms with van der Waals surface area (Å²) < 4.78 is 5.57. The maximum atomic E-state index is 12.1. The second-order valence-corrected chi connectivity index (χ2v) is 6.49. The van der Waals surface area contributed by atoms with Crippen molar-refractivity contribution < 1.29 is 19.5 Å². The van der Waals surface area contributed by atoms with E-state index in [0.717, 1.165) is 16.2 Å². The molecule has 0 aromatic heterocycles. The molecule has 1 aromatic rings. The van der Waals surface area contributed by atoms with Gasteiger partial charge >= 0.3 is 0 Å². The molecule has 4 atom stereocenters. The molecule has 5 heteroatoms. The summed E-state index contributed by atoms with van der Waals surface area (Å²) in [4.78, 5) is 17.0. The summed E-state index contributed by atoms with van der Waals surface area (Å²) in [5.74, 6) is -0.825. The lowest BCUT2D eigenvalue weighted by molar-refractivity contribution is -0.175. The molecular formula is C21H31NO4. The molecule has 0 aliphatic rings. The Labute approximate surface area is 156 Å². The van der Waals surface area contributed by atoms with Gasteiger partial charge in [-0.25, -0.2) is 5.06 Å². The highest BCUT2D eigenvalue weighted by Crippen LogP contribution is 2.20. The maximum absolute atomic E-state index is 12.1. The number of ether oxygens (including phenoxy) is 1. The van der Waals surface area contributed by atoms with Crippen LogP contribution in [-0.4, -0.2) is 49.6 Å². The molecule has 1 aromatic carbocycles. The number of amides is 1. The molecule has 0 unspecified atom stereocenters. The van der Waals surface area contributed by atoms with Crippen molar-refractivity contribution >= 4 is 12.0 Å². The highest BCUT2D eigenvalue weighted by molar-refractivity contribution is 5.78. The molecule has 0 bridgehead atoms. The first-order valence-corrected chi connectivity index (χ1v) is 8.75. The van der Waals surface area contributed by atoms with Crippen molar-refractivity contribution in [3.63, 3.8) is 0 Å². The third-order valence-corrected chi connectivity index (χ3v) is 4.51. The van der Waals surface area contributed by atoms with Gasteiger partial charge in [-0.1, -0.05) is 62.4 Å². The van der Waals surface area contributed by atoms with Crippen LogP contribution in [0.3, 0.4) is 0 Å². The van der Waals surface area contributed by atoms with Crippen molar-refractivity contribution in [3.05, 3.63) is 53.6 Å². The van der Waals surface area contributed by atoms with E-state index >= 15 is 0 Å². The normalized spacial score (nSPS) is 17.0. The fourth-order valence-corrected chi connectivity index (χ4v) is 2.75. The Kier molecular flexibility index (Phi) is 9.27. The zero-order valence-electron chi connectivity index (χ0n) is 16.5. The number of aliphatic hydroxyl groups is 1. The lowest BCUT2D eigenvalue weighted by atomic mass is 9.93. The van der Waals surface area contributed by atoms with E-state index in [4.69, 9.17) is 9.57 Å². The quantitative estimate of drug-likeness (QED) is 0.541. The number of carbonyl (C=O) groups excluding carboxylic acids is 1. The largest absolute Gasteiger partial charge is 0.388 e. The van der Waals surface area contributed by atoms with E-state index in [1.54, 1.807) is 14.0 Å². The highest BCUT2D eigenvalue weighted by Gasteiger charge is 2.27. The number of benzene rings is 1. The van der Waals surface area contributed by atoms with E-state index in [1.807, 2.05) is 62.4 Å². The molecule has 26 heavy (non-hydrogen) atoms.